The Labute approximate surface area is 176 Å². The minimum absolute atomic E-state index is 0.0341. The van der Waals surface area contributed by atoms with Gasteiger partial charge in [0.05, 0.1) is 35.2 Å². The molecule has 0 bridgehead atoms. The zero-order chi connectivity index (χ0) is 21.1. The summed E-state index contributed by atoms with van der Waals surface area (Å²) in [7, 11) is -1.69. The number of sulfonamides is 1. The van der Waals surface area contributed by atoms with E-state index in [2.05, 4.69) is 10.3 Å². The van der Waals surface area contributed by atoms with Crippen molar-refractivity contribution in [3.8, 4) is 0 Å². The molecule has 10 heteroatoms. The first kappa shape index (κ1) is 21.2. The number of carbonyl (C=O) groups is 1. The second-order valence-corrected chi connectivity index (χ2v) is 9.63. The molecule has 2 saturated heterocycles. The van der Waals surface area contributed by atoms with Crippen LogP contribution in [0.3, 0.4) is 0 Å². The zero-order valence-electron chi connectivity index (χ0n) is 17.2. The van der Waals surface area contributed by atoms with Crippen molar-refractivity contribution >= 4 is 27.0 Å². The highest BCUT2D eigenvalue weighted by Gasteiger charge is 2.27. The molecule has 1 aromatic heterocycles. The van der Waals surface area contributed by atoms with E-state index in [4.69, 9.17) is 9.47 Å². The smallest absolute Gasteiger partial charge is 0.243 e. The van der Waals surface area contributed by atoms with Crippen LogP contribution in [-0.2, 0) is 37.8 Å². The first-order valence-corrected chi connectivity index (χ1v) is 11.8. The van der Waals surface area contributed by atoms with Crippen molar-refractivity contribution in [2.75, 3.05) is 39.5 Å². The number of nitrogens with zero attached hydrogens (tertiary/aromatic N) is 3. The molecule has 2 aromatic rings. The summed E-state index contributed by atoms with van der Waals surface area (Å²) < 4.78 is 39.9. The molecule has 2 fully saturated rings. The molecule has 2 aliphatic rings. The van der Waals surface area contributed by atoms with Gasteiger partial charge in [-0.3, -0.25) is 4.79 Å². The molecule has 1 N–H and O–H groups in total. The van der Waals surface area contributed by atoms with Crippen LogP contribution in [0.5, 0.6) is 0 Å². The Bertz CT molecular complexity index is 1010. The zero-order valence-corrected chi connectivity index (χ0v) is 18.0. The Kier molecular flexibility index (Phi) is 6.37. The van der Waals surface area contributed by atoms with Crippen LogP contribution in [0.4, 0.5) is 0 Å². The highest BCUT2D eigenvalue weighted by molar-refractivity contribution is 7.89. The van der Waals surface area contributed by atoms with Gasteiger partial charge >= 0.3 is 0 Å². The van der Waals surface area contributed by atoms with E-state index in [1.54, 1.807) is 18.2 Å². The molecule has 2 aliphatic heterocycles. The fourth-order valence-corrected chi connectivity index (χ4v) is 5.32. The molecule has 3 heterocycles. The number of carbonyl (C=O) groups excluding carboxylic acids is 1. The monoisotopic (exact) mass is 436 g/mol. The molecular formula is C20H28N4O5S. The van der Waals surface area contributed by atoms with Gasteiger partial charge in [-0.2, -0.15) is 4.31 Å². The standard InChI is InChI=1S/C20H28N4O5S/c1-23-18-5-4-16(30(26,27)24-8-11-28-12-9-24)13-17(18)22-19(23)6-7-20(25)21-14-15-3-2-10-29-15/h4-5,13,15H,2-3,6-12,14H2,1H3,(H,21,25). The lowest BCUT2D eigenvalue weighted by Gasteiger charge is -2.26. The average molecular weight is 437 g/mol. The molecule has 0 radical (unpaired) electrons. The lowest BCUT2D eigenvalue weighted by Crippen LogP contribution is -2.40. The number of aromatic nitrogens is 2. The molecule has 1 amide bonds. The molecule has 0 aliphatic carbocycles. The fourth-order valence-electron chi connectivity index (χ4n) is 3.90. The van der Waals surface area contributed by atoms with Crippen LogP contribution in [0.15, 0.2) is 23.1 Å². The van der Waals surface area contributed by atoms with Crippen molar-refractivity contribution in [3.05, 3.63) is 24.0 Å². The van der Waals surface area contributed by atoms with Gasteiger partial charge in [-0.25, -0.2) is 13.4 Å². The third-order valence-corrected chi connectivity index (χ3v) is 7.57. The molecule has 1 unspecified atom stereocenters. The number of amides is 1. The van der Waals surface area contributed by atoms with Gasteiger partial charge in [-0.15, -0.1) is 0 Å². The quantitative estimate of drug-likeness (QED) is 0.690. The van der Waals surface area contributed by atoms with E-state index in [9.17, 15) is 13.2 Å². The van der Waals surface area contributed by atoms with E-state index >= 15 is 0 Å². The summed E-state index contributed by atoms with van der Waals surface area (Å²) in [6.45, 7) is 2.84. The van der Waals surface area contributed by atoms with E-state index in [1.165, 1.54) is 4.31 Å². The van der Waals surface area contributed by atoms with Gasteiger partial charge < -0.3 is 19.4 Å². The second kappa shape index (κ2) is 9.01. The van der Waals surface area contributed by atoms with Crippen molar-refractivity contribution in [2.45, 2.75) is 36.7 Å². The minimum atomic E-state index is -3.57. The molecule has 30 heavy (non-hydrogen) atoms. The Balaban J connectivity index is 1.43. The van der Waals surface area contributed by atoms with Crippen LogP contribution in [0, 0.1) is 0 Å². The van der Waals surface area contributed by atoms with Crippen LogP contribution < -0.4 is 5.32 Å². The molecule has 4 rings (SSSR count). The number of morpholine rings is 1. The van der Waals surface area contributed by atoms with Crippen molar-refractivity contribution in [1.82, 2.24) is 19.2 Å². The first-order valence-electron chi connectivity index (χ1n) is 10.4. The van der Waals surface area contributed by atoms with Crippen LogP contribution in [-0.4, -0.2) is 73.7 Å². The minimum Gasteiger partial charge on any atom is -0.379 e. The number of imidazole rings is 1. The highest BCUT2D eigenvalue weighted by Crippen LogP contribution is 2.23. The summed E-state index contributed by atoms with van der Waals surface area (Å²) in [5.41, 5.74) is 1.45. The van der Waals surface area contributed by atoms with Gasteiger partial charge in [-0.05, 0) is 31.0 Å². The number of aryl methyl sites for hydroxylation is 2. The van der Waals surface area contributed by atoms with E-state index in [-0.39, 0.29) is 16.9 Å². The largest absolute Gasteiger partial charge is 0.379 e. The van der Waals surface area contributed by atoms with Gasteiger partial charge in [-0.1, -0.05) is 0 Å². The van der Waals surface area contributed by atoms with Crippen LogP contribution in [0.2, 0.25) is 0 Å². The number of nitrogens with one attached hydrogen (secondary N) is 1. The van der Waals surface area contributed by atoms with Gasteiger partial charge in [0, 0.05) is 46.1 Å². The highest BCUT2D eigenvalue weighted by atomic mass is 32.2. The molecule has 0 spiro atoms. The van der Waals surface area contributed by atoms with Gasteiger partial charge in [0.25, 0.3) is 0 Å². The predicted molar refractivity (Wildman–Crippen MR) is 111 cm³/mol. The van der Waals surface area contributed by atoms with Gasteiger partial charge in [0.1, 0.15) is 5.82 Å². The SMILES string of the molecule is Cn1c(CCC(=O)NCC2CCCO2)nc2cc(S(=O)(=O)N3CCOCC3)ccc21. The topological polar surface area (TPSA) is 103 Å². The summed E-state index contributed by atoms with van der Waals surface area (Å²) in [6, 6.07) is 5.00. The van der Waals surface area contributed by atoms with Crippen LogP contribution in [0.25, 0.3) is 11.0 Å². The third-order valence-electron chi connectivity index (χ3n) is 5.68. The van der Waals surface area contributed by atoms with Crippen molar-refractivity contribution in [2.24, 2.45) is 7.05 Å². The number of ether oxygens (including phenoxy) is 2. The predicted octanol–water partition coefficient (Wildman–Crippen LogP) is 0.822. The fraction of sp³-hybridized carbons (Fsp3) is 0.600. The molecular weight excluding hydrogens is 408 g/mol. The Morgan fingerprint density at radius 1 is 1.27 bits per heavy atom. The maximum atomic E-state index is 12.9. The number of hydrogen-bond acceptors (Lipinski definition) is 6. The molecule has 164 valence electrons. The van der Waals surface area contributed by atoms with Gasteiger partial charge in [0.2, 0.25) is 15.9 Å². The maximum Gasteiger partial charge on any atom is 0.243 e. The lowest BCUT2D eigenvalue weighted by atomic mass is 10.2. The number of rotatable bonds is 7. The maximum absolute atomic E-state index is 12.9. The first-order chi connectivity index (χ1) is 14.4. The molecule has 1 atom stereocenters. The van der Waals surface area contributed by atoms with Crippen molar-refractivity contribution in [1.29, 1.82) is 0 Å². The second-order valence-electron chi connectivity index (χ2n) is 7.69. The lowest BCUT2D eigenvalue weighted by molar-refractivity contribution is -0.121. The van der Waals surface area contributed by atoms with Crippen LogP contribution >= 0.6 is 0 Å². The average Bonchev–Trinajstić information content (AvgIpc) is 3.39. The van der Waals surface area contributed by atoms with E-state index in [1.807, 2.05) is 11.6 Å². The Morgan fingerprint density at radius 3 is 2.80 bits per heavy atom. The number of benzene rings is 1. The summed E-state index contributed by atoms with van der Waals surface area (Å²) in [5, 5.41) is 2.92. The van der Waals surface area contributed by atoms with Crippen molar-refractivity contribution < 1.29 is 22.7 Å². The normalized spacial score (nSPS) is 20.6. The summed E-state index contributed by atoms with van der Waals surface area (Å²) >= 11 is 0. The van der Waals surface area contributed by atoms with E-state index in [0.29, 0.717) is 51.2 Å². The van der Waals surface area contributed by atoms with E-state index in [0.717, 1.165) is 30.8 Å². The molecule has 0 saturated carbocycles. The summed E-state index contributed by atoms with van der Waals surface area (Å²) in [4.78, 5) is 17.0. The third kappa shape index (κ3) is 4.51. The van der Waals surface area contributed by atoms with Crippen molar-refractivity contribution in [3.63, 3.8) is 0 Å². The Hall–Kier alpha value is -2.01. The number of hydrogen-bond donors (Lipinski definition) is 1. The summed E-state index contributed by atoms with van der Waals surface area (Å²) in [5.74, 6) is 0.714. The Morgan fingerprint density at radius 2 is 2.07 bits per heavy atom. The molecule has 9 nitrogen and oxygen atoms in total. The summed E-state index contributed by atoms with van der Waals surface area (Å²) in [6.07, 6.45) is 2.96. The van der Waals surface area contributed by atoms with Crippen LogP contribution in [0.1, 0.15) is 25.1 Å². The van der Waals surface area contributed by atoms with E-state index < -0.39 is 10.0 Å². The molecule has 1 aromatic carbocycles. The van der Waals surface area contributed by atoms with Gasteiger partial charge in [0.15, 0.2) is 0 Å². The number of fused-ring (bicyclic) bond motifs is 1.